The second kappa shape index (κ2) is 5.83. The maximum atomic E-state index is 12.0. The van der Waals surface area contributed by atoms with Crippen molar-refractivity contribution in [3.8, 4) is 0 Å². The number of nitrogens with zero attached hydrogens (tertiary/aromatic N) is 2. The molecule has 0 aromatic carbocycles. The van der Waals surface area contributed by atoms with Crippen LogP contribution in [0.15, 0.2) is 0 Å². The van der Waals surface area contributed by atoms with Gasteiger partial charge < -0.3 is 10.2 Å². The van der Waals surface area contributed by atoms with Crippen LogP contribution >= 0.6 is 0 Å². The fraction of sp³-hybridized carbons (Fsp3) is 0.923. The fourth-order valence-electron chi connectivity index (χ4n) is 2.78. The number of likely N-dealkylation sites (tertiary alicyclic amines) is 1. The van der Waals surface area contributed by atoms with E-state index in [0.29, 0.717) is 11.9 Å². The van der Waals surface area contributed by atoms with E-state index in [4.69, 9.17) is 0 Å². The third-order valence-electron chi connectivity index (χ3n) is 3.99. The van der Waals surface area contributed by atoms with Gasteiger partial charge in [-0.25, -0.2) is 0 Å². The molecule has 2 fully saturated rings. The van der Waals surface area contributed by atoms with Crippen molar-refractivity contribution in [3.63, 3.8) is 0 Å². The van der Waals surface area contributed by atoms with Crippen LogP contribution in [0.25, 0.3) is 0 Å². The number of rotatable bonds is 4. The SMILES string of the molecule is CCCC(C)C(=O)N1CC(N2CCNCC2)C1. The average Bonchev–Trinajstić information content (AvgIpc) is 2.28. The summed E-state index contributed by atoms with van der Waals surface area (Å²) in [4.78, 5) is 16.6. The minimum absolute atomic E-state index is 0.212. The van der Waals surface area contributed by atoms with Gasteiger partial charge in [-0.2, -0.15) is 0 Å². The molecule has 0 saturated carbocycles. The summed E-state index contributed by atoms with van der Waals surface area (Å²) in [5, 5.41) is 3.36. The van der Waals surface area contributed by atoms with Crippen molar-refractivity contribution in [2.45, 2.75) is 32.7 Å². The highest BCUT2D eigenvalue weighted by molar-refractivity contribution is 5.79. The van der Waals surface area contributed by atoms with E-state index in [2.05, 4.69) is 24.1 Å². The number of carbonyl (C=O) groups excluding carboxylic acids is 1. The summed E-state index contributed by atoms with van der Waals surface area (Å²) in [5.41, 5.74) is 0. The zero-order valence-electron chi connectivity index (χ0n) is 11.1. The molecule has 0 aromatic rings. The second-order valence-corrected chi connectivity index (χ2v) is 5.37. The molecule has 2 rings (SSSR count). The van der Waals surface area contributed by atoms with Gasteiger partial charge in [0, 0.05) is 51.2 Å². The molecule has 0 radical (unpaired) electrons. The van der Waals surface area contributed by atoms with Crippen LogP contribution in [0.4, 0.5) is 0 Å². The van der Waals surface area contributed by atoms with E-state index < -0.39 is 0 Å². The lowest BCUT2D eigenvalue weighted by atomic mass is 9.99. The molecule has 2 heterocycles. The van der Waals surface area contributed by atoms with Crippen LogP contribution in [-0.4, -0.2) is 61.0 Å². The van der Waals surface area contributed by atoms with Gasteiger partial charge in [0.15, 0.2) is 0 Å². The first-order valence-electron chi connectivity index (χ1n) is 6.96. The molecule has 2 saturated heterocycles. The number of carbonyl (C=O) groups is 1. The molecule has 98 valence electrons. The topological polar surface area (TPSA) is 35.6 Å². The maximum Gasteiger partial charge on any atom is 0.225 e. The van der Waals surface area contributed by atoms with E-state index in [1.54, 1.807) is 0 Å². The minimum Gasteiger partial charge on any atom is -0.339 e. The van der Waals surface area contributed by atoms with Crippen molar-refractivity contribution in [3.05, 3.63) is 0 Å². The lowest BCUT2D eigenvalue weighted by Crippen LogP contribution is -2.64. The predicted octanol–water partition coefficient (Wildman–Crippen LogP) is 0.539. The predicted molar refractivity (Wildman–Crippen MR) is 68.9 cm³/mol. The van der Waals surface area contributed by atoms with Crippen molar-refractivity contribution in [1.82, 2.24) is 15.1 Å². The van der Waals surface area contributed by atoms with Crippen LogP contribution in [0.2, 0.25) is 0 Å². The van der Waals surface area contributed by atoms with Gasteiger partial charge in [-0.3, -0.25) is 9.69 Å². The van der Waals surface area contributed by atoms with E-state index in [-0.39, 0.29) is 5.92 Å². The average molecular weight is 239 g/mol. The normalized spacial score (nSPS) is 24.5. The van der Waals surface area contributed by atoms with Crippen LogP contribution in [-0.2, 0) is 4.79 Å². The summed E-state index contributed by atoms with van der Waals surface area (Å²) in [5.74, 6) is 0.571. The molecule has 1 unspecified atom stereocenters. The number of hydrogen-bond donors (Lipinski definition) is 1. The zero-order chi connectivity index (χ0) is 12.3. The highest BCUT2D eigenvalue weighted by Crippen LogP contribution is 2.19. The first-order valence-corrected chi connectivity index (χ1v) is 6.96. The highest BCUT2D eigenvalue weighted by atomic mass is 16.2. The standard InChI is InChI=1S/C13H25N3O/c1-3-4-11(2)13(17)16-9-12(10-16)15-7-5-14-6-8-15/h11-12,14H,3-10H2,1-2H3. The molecule has 1 amide bonds. The molecule has 4 heteroatoms. The van der Waals surface area contributed by atoms with Crippen molar-refractivity contribution in [2.75, 3.05) is 39.3 Å². The largest absolute Gasteiger partial charge is 0.339 e. The van der Waals surface area contributed by atoms with Crippen molar-refractivity contribution >= 4 is 5.91 Å². The van der Waals surface area contributed by atoms with Gasteiger partial charge >= 0.3 is 0 Å². The van der Waals surface area contributed by atoms with E-state index in [9.17, 15) is 4.79 Å². The van der Waals surface area contributed by atoms with Gasteiger partial charge in [0.2, 0.25) is 5.91 Å². The molecule has 0 bridgehead atoms. The summed E-state index contributed by atoms with van der Waals surface area (Å²) in [6.07, 6.45) is 2.12. The quantitative estimate of drug-likeness (QED) is 0.778. The van der Waals surface area contributed by atoms with Crippen LogP contribution in [0.3, 0.4) is 0 Å². The Labute approximate surface area is 104 Å². The third kappa shape index (κ3) is 2.99. The first kappa shape index (κ1) is 12.8. The number of nitrogens with one attached hydrogen (secondary N) is 1. The van der Waals surface area contributed by atoms with Gasteiger partial charge in [0.05, 0.1) is 0 Å². The van der Waals surface area contributed by atoms with E-state index in [1.807, 2.05) is 4.90 Å². The van der Waals surface area contributed by atoms with Gasteiger partial charge in [-0.05, 0) is 6.42 Å². The second-order valence-electron chi connectivity index (χ2n) is 5.37. The molecule has 1 N–H and O–H groups in total. The van der Waals surface area contributed by atoms with Crippen LogP contribution < -0.4 is 5.32 Å². The summed E-state index contributed by atoms with van der Waals surface area (Å²) >= 11 is 0. The van der Waals surface area contributed by atoms with E-state index in [0.717, 1.165) is 52.1 Å². The Balaban J connectivity index is 1.72. The Kier molecular flexibility index (Phi) is 4.40. The molecule has 0 spiro atoms. The third-order valence-corrected chi connectivity index (χ3v) is 3.99. The molecule has 2 aliphatic heterocycles. The Bertz CT molecular complexity index is 257. The van der Waals surface area contributed by atoms with Crippen molar-refractivity contribution < 1.29 is 4.79 Å². The monoisotopic (exact) mass is 239 g/mol. The Morgan fingerprint density at radius 3 is 2.59 bits per heavy atom. The highest BCUT2D eigenvalue weighted by Gasteiger charge is 2.36. The number of hydrogen-bond acceptors (Lipinski definition) is 3. The molecule has 2 aliphatic rings. The fourth-order valence-corrected chi connectivity index (χ4v) is 2.78. The molecule has 0 aliphatic carbocycles. The van der Waals surface area contributed by atoms with Crippen molar-refractivity contribution in [1.29, 1.82) is 0 Å². The van der Waals surface area contributed by atoms with Gasteiger partial charge in [0.25, 0.3) is 0 Å². The summed E-state index contributed by atoms with van der Waals surface area (Å²) in [7, 11) is 0. The molecular formula is C13H25N3O. The van der Waals surface area contributed by atoms with E-state index in [1.165, 1.54) is 0 Å². The van der Waals surface area contributed by atoms with E-state index >= 15 is 0 Å². The molecule has 17 heavy (non-hydrogen) atoms. The molecule has 1 atom stereocenters. The molecule has 4 nitrogen and oxygen atoms in total. The van der Waals surface area contributed by atoms with Crippen molar-refractivity contribution in [2.24, 2.45) is 5.92 Å². The maximum absolute atomic E-state index is 12.0. The first-order chi connectivity index (χ1) is 8.22. The van der Waals surface area contributed by atoms with Crippen LogP contribution in [0.1, 0.15) is 26.7 Å². The van der Waals surface area contributed by atoms with Crippen LogP contribution in [0, 0.1) is 5.92 Å². The smallest absolute Gasteiger partial charge is 0.225 e. The van der Waals surface area contributed by atoms with Gasteiger partial charge in [-0.1, -0.05) is 20.3 Å². The Morgan fingerprint density at radius 2 is 2.00 bits per heavy atom. The van der Waals surface area contributed by atoms with Gasteiger partial charge in [-0.15, -0.1) is 0 Å². The minimum atomic E-state index is 0.212. The Hall–Kier alpha value is -0.610. The summed E-state index contributed by atoms with van der Waals surface area (Å²) in [6.45, 7) is 10.6. The Morgan fingerprint density at radius 1 is 1.35 bits per heavy atom. The molecule has 0 aromatic heterocycles. The zero-order valence-corrected chi connectivity index (χ0v) is 11.1. The van der Waals surface area contributed by atoms with Gasteiger partial charge in [0.1, 0.15) is 0 Å². The number of amides is 1. The summed E-state index contributed by atoms with van der Waals surface area (Å²) in [6, 6.07) is 0.620. The number of piperazine rings is 1. The lowest BCUT2D eigenvalue weighted by molar-refractivity contribution is -0.143. The summed E-state index contributed by atoms with van der Waals surface area (Å²) < 4.78 is 0. The van der Waals surface area contributed by atoms with Crippen LogP contribution in [0.5, 0.6) is 0 Å². The molecular weight excluding hydrogens is 214 g/mol. The lowest BCUT2D eigenvalue weighted by Gasteiger charge is -2.47.